The molecule has 2 aromatic rings. The molecule has 25 heavy (non-hydrogen) atoms. The summed E-state index contributed by atoms with van der Waals surface area (Å²) in [5.41, 5.74) is 2.88. The molecule has 0 unspecified atom stereocenters. The molecule has 2 amide bonds. The van der Waals surface area contributed by atoms with E-state index in [2.05, 4.69) is 15.8 Å². The van der Waals surface area contributed by atoms with E-state index in [0.717, 1.165) is 6.07 Å². The van der Waals surface area contributed by atoms with Crippen LogP contribution in [0.4, 0.5) is 10.1 Å². The SMILES string of the molecule is COc1ccc(/C=N/NC(=O)C(=O)Nc2cccc(F)c2)cc1OC. The molecule has 0 spiro atoms. The second-order valence-electron chi connectivity index (χ2n) is 4.78. The fourth-order valence-electron chi connectivity index (χ4n) is 1.90. The first kappa shape index (κ1) is 17.9. The van der Waals surface area contributed by atoms with Gasteiger partial charge in [-0.15, -0.1) is 0 Å². The second kappa shape index (κ2) is 8.44. The minimum Gasteiger partial charge on any atom is -0.493 e. The van der Waals surface area contributed by atoms with E-state index in [0.29, 0.717) is 17.1 Å². The number of carbonyl (C=O) groups excluding carboxylic acids is 2. The number of ether oxygens (including phenoxy) is 2. The number of nitrogens with one attached hydrogen (secondary N) is 2. The lowest BCUT2D eigenvalue weighted by Gasteiger charge is -2.07. The van der Waals surface area contributed by atoms with Gasteiger partial charge >= 0.3 is 11.8 Å². The van der Waals surface area contributed by atoms with Gasteiger partial charge in [-0.3, -0.25) is 9.59 Å². The third kappa shape index (κ3) is 5.03. The van der Waals surface area contributed by atoms with Gasteiger partial charge in [0.25, 0.3) is 0 Å². The van der Waals surface area contributed by atoms with Crippen LogP contribution >= 0.6 is 0 Å². The van der Waals surface area contributed by atoms with Gasteiger partial charge in [-0.25, -0.2) is 9.82 Å². The van der Waals surface area contributed by atoms with E-state index in [1.54, 1.807) is 18.2 Å². The standard InChI is InChI=1S/C17H16FN3O4/c1-24-14-7-6-11(8-15(14)25-2)10-19-21-17(23)16(22)20-13-5-3-4-12(18)9-13/h3-10H,1-2H3,(H,20,22)(H,21,23)/b19-10+. The lowest BCUT2D eigenvalue weighted by atomic mass is 10.2. The number of hydrogen-bond acceptors (Lipinski definition) is 5. The number of amides is 2. The van der Waals surface area contributed by atoms with Crippen LogP contribution < -0.4 is 20.2 Å². The van der Waals surface area contributed by atoms with E-state index >= 15 is 0 Å². The van der Waals surface area contributed by atoms with Crippen LogP contribution in [0.3, 0.4) is 0 Å². The van der Waals surface area contributed by atoms with Crippen LogP contribution in [0, 0.1) is 5.82 Å². The van der Waals surface area contributed by atoms with Crippen molar-refractivity contribution in [2.75, 3.05) is 19.5 Å². The molecular formula is C17H16FN3O4. The Morgan fingerprint density at radius 3 is 2.48 bits per heavy atom. The quantitative estimate of drug-likeness (QED) is 0.492. The summed E-state index contributed by atoms with van der Waals surface area (Å²) in [5.74, 6) is -1.42. The largest absolute Gasteiger partial charge is 0.493 e. The molecule has 7 nitrogen and oxygen atoms in total. The monoisotopic (exact) mass is 345 g/mol. The van der Waals surface area contributed by atoms with Crippen molar-refractivity contribution < 1.29 is 23.5 Å². The Bertz CT molecular complexity index is 808. The van der Waals surface area contributed by atoms with Crippen molar-refractivity contribution in [1.82, 2.24) is 5.43 Å². The van der Waals surface area contributed by atoms with Gasteiger partial charge in [0.1, 0.15) is 5.82 Å². The lowest BCUT2D eigenvalue weighted by Crippen LogP contribution is -2.32. The second-order valence-corrected chi connectivity index (χ2v) is 4.78. The summed E-state index contributed by atoms with van der Waals surface area (Å²) in [7, 11) is 3.01. The predicted octanol–water partition coefficient (Wildman–Crippen LogP) is 1.93. The van der Waals surface area contributed by atoms with Crippen molar-refractivity contribution >= 4 is 23.7 Å². The highest BCUT2D eigenvalue weighted by atomic mass is 19.1. The van der Waals surface area contributed by atoms with E-state index in [1.165, 1.54) is 38.6 Å². The molecule has 0 aliphatic carbocycles. The molecule has 8 heteroatoms. The van der Waals surface area contributed by atoms with Gasteiger partial charge in [0.05, 0.1) is 20.4 Å². The Labute approximate surface area is 143 Å². The predicted molar refractivity (Wildman–Crippen MR) is 90.3 cm³/mol. The van der Waals surface area contributed by atoms with Gasteiger partial charge in [0.15, 0.2) is 11.5 Å². The Morgan fingerprint density at radius 2 is 1.80 bits per heavy atom. The first-order chi connectivity index (χ1) is 12.0. The number of anilines is 1. The number of nitrogens with zero attached hydrogens (tertiary/aromatic N) is 1. The average Bonchev–Trinajstić information content (AvgIpc) is 2.61. The third-order valence-corrected chi connectivity index (χ3v) is 3.08. The zero-order chi connectivity index (χ0) is 18.2. The summed E-state index contributed by atoms with van der Waals surface area (Å²) in [6.45, 7) is 0. The molecule has 0 aromatic heterocycles. The van der Waals surface area contributed by atoms with Gasteiger partial charge < -0.3 is 14.8 Å². The summed E-state index contributed by atoms with van der Waals surface area (Å²) in [5, 5.41) is 5.96. The molecular weight excluding hydrogens is 329 g/mol. The molecule has 0 atom stereocenters. The molecule has 2 rings (SSSR count). The van der Waals surface area contributed by atoms with Crippen molar-refractivity contribution in [3.63, 3.8) is 0 Å². The van der Waals surface area contributed by atoms with Gasteiger partial charge in [-0.05, 0) is 42.0 Å². The third-order valence-electron chi connectivity index (χ3n) is 3.08. The highest BCUT2D eigenvalue weighted by molar-refractivity contribution is 6.39. The first-order valence-corrected chi connectivity index (χ1v) is 7.15. The fourth-order valence-corrected chi connectivity index (χ4v) is 1.90. The molecule has 0 bridgehead atoms. The molecule has 0 saturated heterocycles. The molecule has 0 heterocycles. The van der Waals surface area contributed by atoms with Crippen LogP contribution in [0.2, 0.25) is 0 Å². The van der Waals surface area contributed by atoms with E-state index in [-0.39, 0.29) is 5.69 Å². The van der Waals surface area contributed by atoms with Crippen molar-refractivity contribution in [3.8, 4) is 11.5 Å². The van der Waals surface area contributed by atoms with Crippen molar-refractivity contribution in [1.29, 1.82) is 0 Å². The number of halogens is 1. The van der Waals surface area contributed by atoms with Crippen molar-refractivity contribution in [2.24, 2.45) is 5.10 Å². The van der Waals surface area contributed by atoms with Crippen LogP contribution in [0.1, 0.15) is 5.56 Å². The van der Waals surface area contributed by atoms with Crippen LogP contribution in [0.15, 0.2) is 47.6 Å². The molecule has 0 saturated carbocycles. The molecule has 0 fully saturated rings. The minimum atomic E-state index is -0.985. The van der Waals surface area contributed by atoms with E-state index in [1.807, 2.05) is 0 Å². The van der Waals surface area contributed by atoms with Gasteiger partial charge in [0, 0.05) is 5.69 Å². The molecule has 2 aromatic carbocycles. The highest BCUT2D eigenvalue weighted by Crippen LogP contribution is 2.26. The number of hydrazone groups is 1. The highest BCUT2D eigenvalue weighted by Gasteiger charge is 2.13. The summed E-state index contributed by atoms with van der Waals surface area (Å²) < 4.78 is 23.3. The number of methoxy groups -OCH3 is 2. The first-order valence-electron chi connectivity index (χ1n) is 7.15. The number of hydrogen-bond donors (Lipinski definition) is 2. The molecule has 2 N–H and O–H groups in total. The van der Waals surface area contributed by atoms with E-state index in [9.17, 15) is 14.0 Å². The Morgan fingerprint density at radius 1 is 1.04 bits per heavy atom. The Kier molecular flexibility index (Phi) is 6.05. The Hall–Kier alpha value is -3.42. The normalized spacial score (nSPS) is 10.4. The van der Waals surface area contributed by atoms with E-state index < -0.39 is 17.6 Å². The molecule has 0 aliphatic rings. The topological polar surface area (TPSA) is 89.0 Å². The summed E-state index contributed by atoms with van der Waals surface area (Å²) in [6, 6.07) is 10.2. The zero-order valence-corrected chi connectivity index (χ0v) is 13.6. The maximum absolute atomic E-state index is 13.0. The van der Waals surface area contributed by atoms with Crippen LogP contribution in [0.5, 0.6) is 11.5 Å². The fraction of sp³-hybridized carbons (Fsp3) is 0.118. The van der Waals surface area contributed by atoms with Gasteiger partial charge in [-0.2, -0.15) is 5.10 Å². The van der Waals surface area contributed by atoms with Crippen LogP contribution in [0.25, 0.3) is 0 Å². The zero-order valence-electron chi connectivity index (χ0n) is 13.6. The Balaban J connectivity index is 1.94. The maximum Gasteiger partial charge on any atom is 0.329 e. The molecule has 0 radical (unpaired) electrons. The summed E-state index contributed by atoms with van der Waals surface area (Å²) in [6.07, 6.45) is 1.34. The number of benzene rings is 2. The van der Waals surface area contributed by atoms with Crippen LogP contribution in [-0.4, -0.2) is 32.2 Å². The summed E-state index contributed by atoms with van der Waals surface area (Å²) >= 11 is 0. The molecule has 0 aliphatic heterocycles. The van der Waals surface area contributed by atoms with Crippen molar-refractivity contribution in [2.45, 2.75) is 0 Å². The van der Waals surface area contributed by atoms with Gasteiger partial charge in [0.2, 0.25) is 0 Å². The summed E-state index contributed by atoms with van der Waals surface area (Å²) in [4.78, 5) is 23.4. The van der Waals surface area contributed by atoms with E-state index in [4.69, 9.17) is 9.47 Å². The maximum atomic E-state index is 13.0. The number of rotatable bonds is 5. The minimum absolute atomic E-state index is 0.170. The number of carbonyl (C=O) groups is 2. The molecule has 130 valence electrons. The van der Waals surface area contributed by atoms with Gasteiger partial charge in [-0.1, -0.05) is 6.07 Å². The lowest BCUT2D eigenvalue weighted by molar-refractivity contribution is -0.136. The average molecular weight is 345 g/mol. The van der Waals surface area contributed by atoms with Crippen molar-refractivity contribution in [3.05, 3.63) is 53.8 Å². The smallest absolute Gasteiger partial charge is 0.329 e. The van der Waals surface area contributed by atoms with Crippen LogP contribution in [-0.2, 0) is 9.59 Å².